The molecule has 0 aliphatic rings. The Balaban J connectivity index is 6.22. The topological polar surface area (TPSA) is 298 Å². The van der Waals surface area contributed by atoms with E-state index in [0.29, 0.717) is 25.8 Å². The van der Waals surface area contributed by atoms with E-state index in [1.54, 1.807) is 20.8 Å². The maximum Gasteiger partial charge on any atom is 0.326 e. The van der Waals surface area contributed by atoms with Crippen LogP contribution in [0, 0.1) is 17.8 Å². The fourth-order valence-electron chi connectivity index (χ4n) is 4.82. The number of carbonyl (C=O) groups is 7. The van der Waals surface area contributed by atoms with Crippen molar-refractivity contribution in [3.63, 3.8) is 0 Å². The van der Waals surface area contributed by atoms with Crippen LogP contribution in [0.15, 0.2) is 0 Å². The molecule has 0 spiro atoms. The van der Waals surface area contributed by atoms with E-state index in [-0.39, 0.29) is 37.0 Å². The summed E-state index contributed by atoms with van der Waals surface area (Å²) in [5.41, 5.74) is 16.5. The summed E-state index contributed by atoms with van der Waals surface area (Å²) >= 11 is 0. The van der Waals surface area contributed by atoms with Crippen LogP contribution in [0.4, 0.5) is 0 Å². The quantitative estimate of drug-likeness (QED) is 0.0509. The van der Waals surface area contributed by atoms with Crippen molar-refractivity contribution in [2.75, 3.05) is 6.54 Å². The van der Waals surface area contributed by atoms with Crippen LogP contribution in [-0.4, -0.2) is 101 Å². The molecule has 8 atom stereocenters. The summed E-state index contributed by atoms with van der Waals surface area (Å²) in [5.74, 6) is -6.64. The smallest absolute Gasteiger partial charge is 0.326 e. The number of carboxylic acids is 1. The molecule has 17 nitrogen and oxygen atoms in total. The monoisotopic (exact) mass is 700 g/mol. The second-order valence-corrected chi connectivity index (χ2v) is 13.4. The molecule has 0 aliphatic carbocycles. The Morgan fingerprint density at radius 2 is 1.10 bits per heavy atom. The molecule has 49 heavy (non-hydrogen) atoms. The molecule has 17 heteroatoms. The summed E-state index contributed by atoms with van der Waals surface area (Å²) in [6, 6.07) is -7.46. The molecule has 0 unspecified atom stereocenters. The molecule has 0 saturated heterocycles. The van der Waals surface area contributed by atoms with Gasteiger partial charge < -0.3 is 54.0 Å². The number of aliphatic hydroxyl groups excluding tert-OH is 1. The van der Waals surface area contributed by atoms with Crippen LogP contribution < -0.4 is 43.8 Å². The highest BCUT2D eigenvalue weighted by atomic mass is 16.4. The number of nitrogens with two attached hydrogens (primary N) is 3. The van der Waals surface area contributed by atoms with E-state index in [1.807, 2.05) is 20.8 Å². The van der Waals surface area contributed by atoms with Gasteiger partial charge in [-0.2, -0.15) is 0 Å². The second-order valence-electron chi connectivity index (χ2n) is 13.4. The van der Waals surface area contributed by atoms with E-state index < -0.39 is 90.2 Å². The van der Waals surface area contributed by atoms with Crippen molar-refractivity contribution in [3.05, 3.63) is 0 Å². The Hall–Kier alpha value is -3.83. The normalized spacial score (nSPS) is 16.2. The molecule has 0 saturated carbocycles. The SMILES string of the molecule is CC[C@H](C)[C@H](NC(=O)[C@@H](N)[C@@H](C)O)C(=O)N[C@@H](CCCCN)C(=O)N[C@@H](CC(C)C)C(=O)N[C@@H](CC(C)C)C(=O)N[C@@H](CC(N)=O)C(=O)O. The van der Waals surface area contributed by atoms with Crippen LogP contribution in [0.5, 0.6) is 0 Å². The van der Waals surface area contributed by atoms with Gasteiger partial charge >= 0.3 is 5.97 Å². The highest BCUT2D eigenvalue weighted by Gasteiger charge is 2.35. The molecule has 282 valence electrons. The molecule has 13 N–H and O–H groups in total. The molecule has 6 amide bonds. The van der Waals surface area contributed by atoms with Crippen molar-refractivity contribution in [2.45, 2.75) is 136 Å². The van der Waals surface area contributed by atoms with Gasteiger partial charge in [0.15, 0.2) is 0 Å². The number of aliphatic carboxylic acids is 1. The molecule has 0 aromatic rings. The first-order chi connectivity index (χ1) is 22.7. The molecule has 0 bridgehead atoms. The lowest BCUT2D eigenvalue weighted by Crippen LogP contribution is -2.60. The highest BCUT2D eigenvalue weighted by Crippen LogP contribution is 2.13. The van der Waals surface area contributed by atoms with Crippen LogP contribution >= 0.6 is 0 Å². The van der Waals surface area contributed by atoms with Crippen LogP contribution in [0.1, 0.15) is 93.4 Å². The standard InChI is InChI=1S/C32H60N8O9/c1-8-18(6)26(40-30(46)25(35)19(7)41)31(47)36-20(11-9-10-12-33)27(43)37-21(13-16(2)3)28(44)38-22(14-17(4)5)29(45)39-23(32(48)49)15-24(34)42/h16-23,25-26,41H,8-15,33,35H2,1-7H3,(H2,34,42)(H,36,47)(H,37,43)(H,38,44)(H,39,45)(H,40,46)(H,48,49)/t18-,19+,20-,21-,22-,23-,25-,26-/m0/s1. The molecule has 0 heterocycles. The Bertz CT molecular complexity index is 1120. The summed E-state index contributed by atoms with van der Waals surface area (Å²) in [5, 5.41) is 32.0. The molecular formula is C32H60N8O9. The van der Waals surface area contributed by atoms with Gasteiger partial charge in [0, 0.05) is 0 Å². The average Bonchev–Trinajstić information content (AvgIpc) is 3.00. The van der Waals surface area contributed by atoms with Crippen molar-refractivity contribution >= 4 is 41.4 Å². The van der Waals surface area contributed by atoms with Gasteiger partial charge in [0.2, 0.25) is 35.4 Å². The number of carboxylic acid groups (broad SMARTS) is 1. The van der Waals surface area contributed by atoms with Crippen molar-refractivity contribution in [1.82, 2.24) is 26.6 Å². The van der Waals surface area contributed by atoms with Gasteiger partial charge in [0.25, 0.3) is 0 Å². The minimum absolute atomic E-state index is 0.103. The Kier molecular flexibility index (Phi) is 21.0. The van der Waals surface area contributed by atoms with E-state index in [1.165, 1.54) is 6.92 Å². The number of amides is 6. The van der Waals surface area contributed by atoms with Gasteiger partial charge in [-0.1, -0.05) is 48.0 Å². The summed E-state index contributed by atoms with van der Waals surface area (Å²) in [6.07, 6.45) is 0.0967. The Morgan fingerprint density at radius 1 is 0.653 bits per heavy atom. The van der Waals surface area contributed by atoms with E-state index >= 15 is 0 Å². The maximum absolute atomic E-state index is 13.7. The second kappa shape index (κ2) is 22.7. The third kappa shape index (κ3) is 17.4. The zero-order valence-corrected chi connectivity index (χ0v) is 29.9. The first-order valence-electron chi connectivity index (χ1n) is 16.9. The van der Waals surface area contributed by atoms with Gasteiger partial charge in [-0.05, 0) is 63.3 Å². The largest absolute Gasteiger partial charge is 0.480 e. The van der Waals surface area contributed by atoms with Crippen molar-refractivity contribution in [2.24, 2.45) is 35.0 Å². The molecule has 0 aromatic heterocycles. The van der Waals surface area contributed by atoms with Gasteiger partial charge in [-0.3, -0.25) is 28.8 Å². The number of carbonyl (C=O) groups excluding carboxylic acids is 6. The third-order valence-electron chi connectivity index (χ3n) is 7.90. The van der Waals surface area contributed by atoms with Crippen LogP contribution in [0.25, 0.3) is 0 Å². The molecule has 0 radical (unpaired) electrons. The maximum atomic E-state index is 13.7. The molecular weight excluding hydrogens is 640 g/mol. The van der Waals surface area contributed by atoms with Crippen LogP contribution in [-0.2, 0) is 33.6 Å². The van der Waals surface area contributed by atoms with Crippen molar-refractivity contribution < 1.29 is 43.8 Å². The number of hydrogen-bond acceptors (Lipinski definition) is 10. The van der Waals surface area contributed by atoms with Gasteiger partial charge in [0.05, 0.1) is 12.5 Å². The fraction of sp³-hybridized carbons (Fsp3) is 0.781. The number of primary amides is 1. The average molecular weight is 701 g/mol. The van der Waals surface area contributed by atoms with Crippen molar-refractivity contribution in [1.29, 1.82) is 0 Å². The third-order valence-corrected chi connectivity index (χ3v) is 7.90. The Morgan fingerprint density at radius 3 is 1.49 bits per heavy atom. The zero-order chi connectivity index (χ0) is 38.0. The number of rotatable bonds is 24. The summed E-state index contributed by atoms with van der Waals surface area (Å²) < 4.78 is 0. The molecule has 0 aromatic carbocycles. The summed E-state index contributed by atoms with van der Waals surface area (Å²) in [7, 11) is 0. The van der Waals surface area contributed by atoms with Gasteiger partial charge in [-0.15, -0.1) is 0 Å². The predicted molar refractivity (Wildman–Crippen MR) is 182 cm³/mol. The fourth-order valence-corrected chi connectivity index (χ4v) is 4.82. The zero-order valence-electron chi connectivity index (χ0n) is 29.9. The van der Waals surface area contributed by atoms with Crippen LogP contribution in [0.3, 0.4) is 0 Å². The van der Waals surface area contributed by atoms with Gasteiger partial charge in [0.1, 0.15) is 36.3 Å². The molecule has 0 fully saturated rings. The van der Waals surface area contributed by atoms with E-state index in [0.717, 1.165) is 0 Å². The van der Waals surface area contributed by atoms with E-state index in [2.05, 4.69) is 26.6 Å². The lowest BCUT2D eigenvalue weighted by molar-refractivity contribution is -0.144. The lowest BCUT2D eigenvalue weighted by atomic mass is 9.96. The van der Waals surface area contributed by atoms with Gasteiger partial charge in [-0.25, -0.2) is 4.79 Å². The summed E-state index contributed by atoms with van der Waals surface area (Å²) in [4.78, 5) is 89.5. The molecule has 0 rings (SSSR count). The highest BCUT2D eigenvalue weighted by molar-refractivity contribution is 5.96. The minimum Gasteiger partial charge on any atom is -0.480 e. The predicted octanol–water partition coefficient (Wildman–Crippen LogP) is -1.65. The first kappa shape index (κ1) is 45.2. The lowest BCUT2D eigenvalue weighted by Gasteiger charge is -2.29. The number of hydrogen-bond donors (Lipinski definition) is 10. The van der Waals surface area contributed by atoms with Crippen LogP contribution in [0.2, 0.25) is 0 Å². The van der Waals surface area contributed by atoms with Crippen molar-refractivity contribution in [3.8, 4) is 0 Å². The first-order valence-corrected chi connectivity index (χ1v) is 16.9. The number of nitrogens with one attached hydrogen (secondary N) is 5. The van der Waals surface area contributed by atoms with E-state index in [4.69, 9.17) is 17.2 Å². The number of unbranched alkanes of at least 4 members (excludes halogenated alkanes) is 1. The summed E-state index contributed by atoms with van der Waals surface area (Å²) in [6.45, 7) is 12.5. The minimum atomic E-state index is -1.60. The van der Waals surface area contributed by atoms with E-state index in [9.17, 15) is 43.8 Å². The Labute approximate surface area is 289 Å². The number of aliphatic hydroxyl groups is 1. The molecule has 0 aliphatic heterocycles.